The van der Waals surface area contributed by atoms with Gasteiger partial charge in [0.2, 0.25) is 5.91 Å². The number of methoxy groups -OCH3 is 1. The number of carbonyl (C=O) groups excluding carboxylic acids is 2. The Morgan fingerprint density at radius 1 is 1.48 bits per heavy atom. The second-order valence-electron chi connectivity index (χ2n) is 5.78. The molecular formula is C16H20ClF2N3O3. The van der Waals surface area contributed by atoms with Crippen LogP contribution in [0.3, 0.4) is 0 Å². The van der Waals surface area contributed by atoms with Crippen LogP contribution in [0.4, 0.5) is 8.78 Å². The zero-order chi connectivity index (χ0) is 18.6. The number of halogens is 3. The van der Waals surface area contributed by atoms with E-state index in [1.165, 1.54) is 18.1 Å². The lowest BCUT2D eigenvalue weighted by Gasteiger charge is -2.25. The minimum Gasteiger partial charge on any atom is -0.496 e. The normalized spacial score (nSPS) is 17.5. The maximum Gasteiger partial charge on any atom is 0.277 e. The van der Waals surface area contributed by atoms with Crippen molar-refractivity contribution in [3.8, 4) is 5.75 Å². The van der Waals surface area contributed by atoms with Crippen LogP contribution in [0.5, 0.6) is 5.75 Å². The van der Waals surface area contributed by atoms with Crippen molar-refractivity contribution in [2.45, 2.75) is 24.8 Å². The van der Waals surface area contributed by atoms with Gasteiger partial charge in [0, 0.05) is 11.6 Å². The Bertz CT molecular complexity index is 658. The summed E-state index contributed by atoms with van der Waals surface area (Å²) in [6.07, 6.45) is 0.995. The number of rotatable bonds is 6. The fourth-order valence-corrected chi connectivity index (χ4v) is 2.86. The van der Waals surface area contributed by atoms with Gasteiger partial charge >= 0.3 is 0 Å². The van der Waals surface area contributed by atoms with E-state index in [0.717, 1.165) is 0 Å². The first-order chi connectivity index (χ1) is 11.8. The fraction of sp³-hybridized carbons (Fsp3) is 0.500. The molecule has 0 bridgehead atoms. The first kappa shape index (κ1) is 19.4. The number of hydrogen-bond donors (Lipinski definition) is 2. The second kappa shape index (κ2) is 7.97. The number of nitrogens with one attached hydrogen (secondary N) is 1. The SMILES string of the molecule is COc1ccc(Cl)cc1C(=O)N1CCCC1C(=O)NCC(F)(F)CN. The van der Waals surface area contributed by atoms with Crippen molar-refractivity contribution in [1.29, 1.82) is 0 Å². The van der Waals surface area contributed by atoms with Gasteiger partial charge in [-0.15, -0.1) is 0 Å². The van der Waals surface area contributed by atoms with Crippen LogP contribution in [0.1, 0.15) is 23.2 Å². The zero-order valence-corrected chi connectivity index (χ0v) is 14.5. The van der Waals surface area contributed by atoms with Gasteiger partial charge in [-0.1, -0.05) is 11.6 Å². The topological polar surface area (TPSA) is 84.7 Å². The fourth-order valence-electron chi connectivity index (χ4n) is 2.69. The minimum absolute atomic E-state index is 0.224. The Kier molecular flexibility index (Phi) is 6.18. The van der Waals surface area contributed by atoms with Crippen LogP contribution in [-0.2, 0) is 4.79 Å². The van der Waals surface area contributed by atoms with Gasteiger partial charge in [-0.2, -0.15) is 0 Å². The number of nitrogens with two attached hydrogens (primary N) is 1. The first-order valence-corrected chi connectivity index (χ1v) is 8.17. The standard InChI is InChI=1S/C16H20ClF2N3O3/c1-25-13-5-4-10(17)7-11(13)15(24)22-6-2-3-12(22)14(23)21-9-16(18,19)8-20/h4-5,7,12H,2-3,6,8-9,20H2,1H3,(H,21,23). The van der Waals surface area contributed by atoms with Crippen LogP contribution in [0.25, 0.3) is 0 Å². The summed E-state index contributed by atoms with van der Waals surface area (Å²) in [6.45, 7) is -1.37. The molecule has 0 aliphatic carbocycles. The highest BCUT2D eigenvalue weighted by Gasteiger charge is 2.37. The summed E-state index contributed by atoms with van der Waals surface area (Å²) >= 11 is 5.94. The third-order valence-electron chi connectivity index (χ3n) is 4.03. The largest absolute Gasteiger partial charge is 0.496 e. The highest BCUT2D eigenvalue weighted by molar-refractivity contribution is 6.31. The van der Waals surface area contributed by atoms with Crippen LogP contribution in [0.15, 0.2) is 18.2 Å². The molecule has 3 N–H and O–H groups in total. The summed E-state index contributed by atoms with van der Waals surface area (Å²) in [7, 11) is 1.42. The van der Waals surface area contributed by atoms with E-state index in [0.29, 0.717) is 30.2 Å². The number of amides is 2. The molecule has 6 nitrogen and oxygen atoms in total. The van der Waals surface area contributed by atoms with Crippen LogP contribution >= 0.6 is 11.6 Å². The van der Waals surface area contributed by atoms with Crippen LogP contribution in [0, 0.1) is 0 Å². The molecule has 1 unspecified atom stereocenters. The van der Waals surface area contributed by atoms with Crippen molar-refractivity contribution in [2.75, 3.05) is 26.7 Å². The van der Waals surface area contributed by atoms with E-state index in [1.807, 2.05) is 0 Å². The molecule has 9 heteroatoms. The molecule has 1 saturated heterocycles. The maximum atomic E-state index is 13.2. The predicted octanol–water partition coefficient (Wildman–Crippen LogP) is 1.66. The summed E-state index contributed by atoms with van der Waals surface area (Å²) in [5.41, 5.74) is 5.18. The molecule has 2 rings (SSSR count). The Morgan fingerprint density at radius 2 is 2.20 bits per heavy atom. The van der Waals surface area contributed by atoms with Crippen LogP contribution in [0.2, 0.25) is 5.02 Å². The van der Waals surface area contributed by atoms with Gasteiger partial charge in [-0.3, -0.25) is 9.59 Å². The van der Waals surface area contributed by atoms with Gasteiger partial charge in [0.05, 0.1) is 25.8 Å². The molecule has 1 aromatic carbocycles. The minimum atomic E-state index is -3.18. The van der Waals surface area contributed by atoms with Crippen molar-refractivity contribution < 1.29 is 23.1 Å². The molecule has 0 aromatic heterocycles. The molecule has 1 aliphatic heterocycles. The van der Waals surface area contributed by atoms with Gasteiger partial charge in [-0.05, 0) is 31.0 Å². The number of likely N-dealkylation sites (tertiary alicyclic amines) is 1. The van der Waals surface area contributed by atoms with E-state index >= 15 is 0 Å². The molecule has 0 spiro atoms. The average Bonchev–Trinajstić information content (AvgIpc) is 3.08. The summed E-state index contributed by atoms with van der Waals surface area (Å²) in [5.74, 6) is -3.91. The molecule has 0 saturated carbocycles. The Labute approximate surface area is 149 Å². The van der Waals surface area contributed by atoms with Crippen molar-refractivity contribution in [3.05, 3.63) is 28.8 Å². The number of nitrogens with zero attached hydrogens (tertiary/aromatic N) is 1. The first-order valence-electron chi connectivity index (χ1n) is 7.79. The lowest BCUT2D eigenvalue weighted by atomic mass is 10.1. The molecule has 0 radical (unpaired) electrons. The third kappa shape index (κ3) is 4.58. The lowest BCUT2D eigenvalue weighted by Crippen LogP contribution is -2.49. The maximum absolute atomic E-state index is 13.2. The van der Waals surface area contributed by atoms with Crippen LogP contribution < -0.4 is 15.8 Å². The van der Waals surface area contributed by atoms with Gasteiger partial charge in [-0.25, -0.2) is 8.78 Å². The van der Waals surface area contributed by atoms with Crippen LogP contribution in [-0.4, -0.2) is 55.4 Å². The van der Waals surface area contributed by atoms with Crippen molar-refractivity contribution in [1.82, 2.24) is 10.2 Å². The highest BCUT2D eigenvalue weighted by Crippen LogP contribution is 2.27. The van der Waals surface area contributed by atoms with Crippen molar-refractivity contribution in [3.63, 3.8) is 0 Å². The van der Waals surface area contributed by atoms with Gasteiger partial charge < -0.3 is 20.7 Å². The molecular weight excluding hydrogens is 356 g/mol. The smallest absolute Gasteiger partial charge is 0.277 e. The van der Waals surface area contributed by atoms with E-state index < -0.39 is 36.9 Å². The van der Waals surface area contributed by atoms with Gasteiger partial charge in [0.15, 0.2) is 0 Å². The Balaban J connectivity index is 2.14. The number of hydrogen-bond acceptors (Lipinski definition) is 4. The van der Waals surface area contributed by atoms with Gasteiger partial charge in [0.1, 0.15) is 11.8 Å². The summed E-state index contributed by atoms with van der Waals surface area (Å²) < 4.78 is 31.6. The van der Waals surface area contributed by atoms with Gasteiger partial charge in [0.25, 0.3) is 11.8 Å². The predicted molar refractivity (Wildman–Crippen MR) is 89.1 cm³/mol. The highest BCUT2D eigenvalue weighted by atomic mass is 35.5. The number of carbonyl (C=O) groups is 2. The third-order valence-corrected chi connectivity index (χ3v) is 4.26. The van der Waals surface area contributed by atoms with E-state index in [1.54, 1.807) is 12.1 Å². The van der Waals surface area contributed by atoms with E-state index in [9.17, 15) is 18.4 Å². The number of ether oxygens (including phenoxy) is 1. The molecule has 1 heterocycles. The summed E-state index contributed by atoms with van der Waals surface area (Å²) in [6, 6.07) is 3.78. The molecule has 1 aromatic rings. The second-order valence-corrected chi connectivity index (χ2v) is 6.22. The van der Waals surface area contributed by atoms with Crippen molar-refractivity contribution >= 4 is 23.4 Å². The molecule has 2 amide bonds. The Morgan fingerprint density at radius 3 is 2.84 bits per heavy atom. The van der Waals surface area contributed by atoms with E-state index in [4.69, 9.17) is 22.1 Å². The lowest BCUT2D eigenvalue weighted by molar-refractivity contribution is -0.126. The number of alkyl halides is 2. The monoisotopic (exact) mass is 375 g/mol. The quantitative estimate of drug-likeness (QED) is 0.792. The zero-order valence-electron chi connectivity index (χ0n) is 13.7. The molecule has 1 aliphatic rings. The molecule has 1 atom stereocenters. The van der Waals surface area contributed by atoms with Crippen molar-refractivity contribution in [2.24, 2.45) is 5.73 Å². The molecule has 25 heavy (non-hydrogen) atoms. The number of benzene rings is 1. The van der Waals surface area contributed by atoms with E-state index in [2.05, 4.69) is 5.32 Å². The Hall–Kier alpha value is -1.93. The summed E-state index contributed by atoms with van der Waals surface area (Å²) in [4.78, 5) is 26.4. The summed E-state index contributed by atoms with van der Waals surface area (Å²) in [5, 5.41) is 2.53. The molecule has 1 fully saturated rings. The van der Waals surface area contributed by atoms with E-state index in [-0.39, 0.29) is 5.56 Å². The molecule has 138 valence electrons. The average molecular weight is 376 g/mol.